The van der Waals surface area contributed by atoms with E-state index in [1.54, 1.807) is 17.5 Å². The summed E-state index contributed by atoms with van der Waals surface area (Å²) < 4.78 is 26.8. The number of amides is 1. The van der Waals surface area contributed by atoms with Crippen molar-refractivity contribution in [2.45, 2.75) is 16.8 Å². The Morgan fingerprint density at radius 3 is 2.70 bits per heavy atom. The molecule has 1 unspecified atom stereocenters. The van der Waals surface area contributed by atoms with Crippen LogP contribution in [0.1, 0.15) is 5.56 Å². The molecule has 1 aromatic carbocycles. The van der Waals surface area contributed by atoms with E-state index < -0.39 is 16.1 Å². The molecule has 2 aromatic rings. The zero-order valence-electron chi connectivity index (χ0n) is 12.2. The summed E-state index contributed by atoms with van der Waals surface area (Å²) in [6, 6.07) is 12.2. The van der Waals surface area contributed by atoms with E-state index in [-0.39, 0.29) is 10.1 Å². The summed E-state index contributed by atoms with van der Waals surface area (Å²) in [6.45, 7) is 0.397. The van der Waals surface area contributed by atoms with Gasteiger partial charge in [-0.2, -0.15) is 4.31 Å². The van der Waals surface area contributed by atoms with Gasteiger partial charge in [-0.15, -0.1) is 23.1 Å². The highest BCUT2D eigenvalue weighted by Crippen LogP contribution is 2.30. The van der Waals surface area contributed by atoms with E-state index in [4.69, 9.17) is 0 Å². The van der Waals surface area contributed by atoms with Crippen LogP contribution in [0.3, 0.4) is 0 Å². The standard InChI is InChI=1S/C15H16N2O3S3/c18-15(16-9-12-5-2-1-3-6-12)13-10-21-11-17(13)23(19,20)14-7-4-8-22-14/h1-8,13H,9-11H2,(H,16,18). The zero-order valence-corrected chi connectivity index (χ0v) is 14.7. The van der Waals surface area contributed by atoms with Crippen molar-refractivity contribution < 1.29 is 13.2 Å². The van der Waals surface area contributed by atoms with Gasteiger partial charge in [-0.05, 0) is 17.0 Å². The molecule has 122 valence electrons. The monoisotopic (exact) mass is 368 g/mol. The molecule has 8 heteroatoms. The predicted molar refractivity (Wildman–Crippen MR) is 92.7 cm³/mol. The van der Waals surface area contributed by atoms with Crippen LogP contribution < -0.4 is 5.32 Å². The van der Waals surface area contributed by atoms with Gasteiger partial charge in [-0.25, -0.2) is 8.42 Å². The quantitative estimate of drug-likeness (QED) is 0.878. The Labute approximate surface area is 143 Å². The average molecular weight is 369 g/mol. The normalized spacial score (nSPS) is 18.9. The van der Waals surface area contributed by atoms with Crippen molar-refractivity contribution in [1.29, 1.82) is 0 Å². The first kappa shape index (κ1) is 16.5. The van der Waals surface area contributed by atoms with Crippen molar-refractivity contribution >= 4 is 39.0 Å². The topological polar surface area (TPSA) is 66.5 Å². The highest BCUT2D eigenvalue weighted by atomic mass is 32.2. The van der Waals surface area contributed by atoms with Gasteiger partial charge in [0.05, 0.1) is 5.88 Å². The summed E-state index contributed by atoms with van der Waals surface area (Å²) in [7, 11) is -3.60. The zero-order chi connectivity index (χ0) is 16.3. The van der Waals surface area contributed by atoms with Gasteiger partial charge < -0.3 is 5.32 Å². The molecule has 23 heavy (non-hydrogen) atoms. The third kappa shape index (κ3) is 3.60. The van der Waals surface area contributed by atoms with Crippen molar-refractivity contribution in [2.24, 2.45) is 0 Å². The van der Waals surface area contributed by atoms with E-state index in [1.807, 2.05) is 30.3 Å². The Balaban J connectivity index is 1.70. The molecule has 0 bridgehead atoms. The lowest BCUT2D eigenvalue weighted by molar-refractivity contribution is -0.124. The van der Waals surface area contributed by atoms with E-state index in [9.17, 15) is 13.2 Å². The molecular weight excluding hydrogens is 352 g/mol. The lowest BCUT2D eigenvalue weighted by Gasteiger charge is -2.21. The number of nitrogens with one attached hydrogen (secondary N) is 1. The van der Waals surface area contributed by atoms with E-state index in [1.165, 1.54) is 27.4 Å². The van der Waals surface area contributed by atoms with Gasteiger partial charge >= 0.3 is 0 Å². The second-order valence-electron chi connectivity index (χ2n) is 5.04. The van der Waals surface area contributed by atoms with Crippen LogP contribution in [0.25, 0.3) is 0 Å². The molecule has 1 atom stereocenters. The summed E-state index contributed by atoms with van der Waals surface area (Å²) in [4.78, 5) is 12.4. The van der Waals surface area contributed by atoms with Crippen LogP contribution in [-0.4, -0.2) is 36.3 Å². The van der Waals surface area contributed by atoms with E-state index in [2.05, 4.69) is 5.32 Å². The van der Waals surface area contributed by atoms with Gasteiger partial charge in [-0.3, -0.25) is 4.79 Å². The lowest BCUT2D eigenvalue weighted by Crippen LogP contribution is -2.46. The van der Waals surface area contributed by atoms with Crippen molar-refractivity contribution in [2.75, 3.05) is 11.6 Å². The number of thioether (sulfide) groups is 1. The molecule has 0 aliphatic carbocycles. The number of carbonyl (C=O) groups excluding carboxylic acids is 1. The molecular formula is C15H16N2O3S3. The average Bonchev–Trinajstić information content (AvgIpc) is 3.25. The van der Waals surface area contributed by atoms with Gasteiger partial charge in [-0.1, -0.05) is 36.4 Å². The number of benzene rings is 1. The molecule has 1 saturated heterocycles. The number of hydrogen-bond acceptors (Lipinski definition) is 5. The molecule has 2 heterocycles. The molecule has 0 spiro atoms. The lowest BCUT2D eigenvalue weighted by atomic mass is 10.2. The largest absolute Gasteiger partial charge is 0.351 e. The summed E-state index contributed by atoms with van der Waals surface area (Å²) >= 11 is 2.63. The van der Waals surface area contributed by atoms with Crippen LogP contribution in [0, 0.1) is 0 Å². The number of hydrogen-bond donors (Lipinski definition) is 1. The smallest absolute Gasteiger partial charge is 0.254 e. The number of rotatable bonds is 5. The summed E-state index contributed by atoms with van der Waals surface area (Å²) in [5.74, 6) is 0.536. The Bertz CT molecular complexity index is 761. The van der Waals surface area contributed by atoms with Crippen molar-refractivity contribution in [3.8, 4) is 0 Å². The summed E-state index contributed by atoms with van der Waals surface area (Å²) in [6.07, 6.45) is 0. The first-order chi connectivity index (χ1) is 11.1. The molecule has 1 aliphatic heterocycles. The summed E-state index contributed by atoms with van der Waals surface area (Å²) in [5.41, 5.74) is 0.985. The van der Waals surface area contributed by atoms with Crippen LogP contribution in [0.5, 0.6) is 0 Å². The maximum absolute atomic E-state index is 12.6. The Morgan fingerprint density at radius 2 is 2.00 bits per heavy atom. The van der Waals surface area contributed by atoms with E-state index in [0.29, 0.717) is 18.2 Å². The SMILES string of the molecule is O=C(NCc1ccccc1)C1CSCN1S(=O)(=O)c1cccs1. The van der Waals surface area contributed by atoms with Gasteiger partial charge in [0.1, 0.15) is 10.3 Å². The van der Waals surface area contributed by atoms with Gasteiger partial charge in [0.15, 0.2) is 0 Å². The van der Waals surface area contributed by atoms with E-state index in [0.717, 1.165) is 5.56 Å². The van der Waals surface area contributed by atoms with Gasteiger partial charge in [0.2, 0.25) is 5.91 Å². The highest BCUT2D eigenvalue weighted by Gasteiger charge is 2.40. The van der Waals surface area contributed by atoms with Crippen molar-refractivity contribution in [3.05, 3.63) is 53.4 Å². The first-order valence-corrected chi connectivity index (χ1v) is 10.5. The molecule has 1 aromatic heterocycles. The molecule has 3 rings (SSSR count). The molecule has 5 nitrogen and oxygen atoms in total. The van der Waals surface area contributed by atoms with Crippen LogP contribution in [0.2, 0.25) is 0 Å². The second-order valence-corrected chi connectivity index (χ2v) is 9.11. The molecule has 0 radical (unpaired) electrons. The third-order valence-electron chi connectivity index (χ3n) is 3.51. The Morgan fingerprint density at radius 1 is 1.22 bits per heavy atom. The highest BCUT2D eigenvalue weighted by molar-refractivity contribution is 8.01. The molecule has 1 amide bonds. The predicted octanol–water partition coefficient (Wildman–Crippen LogP) is 2.13. The van der Waals surface area contributed by atoms with Crippen LogP contribution >= 0.6 is 23.1 Å². The minimum Gasteiger partial charge on any atom is -0.351 e. The van der Waals surface area contributed by atoms with Crippen molar-refractivity contribution in [1.82, 2.24) is 9.62 Å². The Hall–Kier alpha value is -1.35. The molecule has 0 saturated carbocycles. The Kier molecular flexibility index (Phi) is 5.05. The maximum atomic E-state index is 12.6. The van der Waals surface area contributed by atoms with Crippen molar-refractivity contribution in [3.63, 3.8) is 0 Å². The van der Waals surface area contributed by atoms with Gasteiger partial charge in [0, 0.05) is 12.3 Å². The second kappa shape index (κ2) is 7.04. The fraction of sp³-hybridized carbons (Fsp3) is 0.267. The van der Waals surface area contributed by atoms with Crippen LogP contribution in [0.4, 0.5) is 0 Å². The fourth-order valence-corrected chi connectivity index (χ4v) is 6.57. The minimum absolute atomic E-state index is 0.251. The number of thiophene rings is 1. The van der Waals surface area contributed by atoms with E-state index >= 15 is 0 Å². The first-order valence-electron chi connectivity index (χ1n) is 7.04. The molecule has 1 N–H and O–H groups in total. The summed E-state index contributed by atoms with van der Waals surface area (Å²) in [5, 5.41) is 4.56. The molecule has 1 fully saturated rings. The van der Waals surface area contributed by atoms with Crippen LogP contribution in [0.15, 0.2) is 52.1 Å². The number of carbonyl (C=O) groups is 1. The minimum atomic E-state index is -3.60. The van der Waals surface area contributed by atoms with Crippen LogP contribution in [-0.2, 0) is 21.4 Å². The maximum Gasteiger partial charge on any atom is 0.254 e. The van der Waals surface area contributed by atoms with Gasteiger partial charge in [0.25, 0.3) is 10.0 Å². The number of sulfonamides is 1. The fourth-order valence-electron chi connectivity index (χ4n) is 2.30. The third-order valence-corrected chi connectivity index (χ3v) is 7.92. The molecule has 1 aliphatic rings. The number of nitrogens with zero attached hydrogens (tertiary/aromatic N) is 1.